The van der Waals surface area contributed by atoms with E-state index in [1.165, 1.54) is 56.7 Å². The number of amides is 1. The van der Waals surface area contributed by atoms with Gasteiger partial charge in [-0.25, -0.2) is 4.68 Å². The molecule has 2 aromatic rings. The maximum Gasteiger partial charge on any atom is 0.235 e. The minimum Gasteiger partial charge on any atom is -0.341 e. The Labute approximate surface area is 175 Å². The molecule has 1 N–H and O–H groups in total. The zero-order valence-electron chi connectivity index (χ0n) is 16.8. The summed E-state index contributed by atoms with van der Waals surface area (Å²) < 4.78 is 4.25. The van der Waals surface area contributed by atoms with Gasteiger partial charge in [0.25, 0.3) is 0 Å². The summed E-state index contributed by atoms with van der Waals surface area (Å²) in [6.45, 7) is 2.11. The van der Waals surface area contributed by atoms with Crippen molar-refractivity contribution in [3.8, 4) is 0 Å². The van der Waals surface area contributed by atoms with Gasteiger partial charge in [0, 0.05) is 25.2 Å². The van der Waals surface area contributed by atoms with Crippen LogP contribution in [-0.4, -0.2) is 49.3 Å². The van der Waals surface area contributed by atoms with Crippen molar-refractivity contribution in [3.63, 3.8) is 0 Å². The Morgan fingerprint density at radius 1 is 1.03 bits per heavy atom. The molecular formula is C20H29N7OS. The summed E-state index contributed by atoms with van der Waals surface area (Å²) in [5, 5.41) is 17.3. The highest BCUT2D eigenvalue weighted by Gasteiger charge is 2.32. The van der Waals surface area contributed by atoms with Crippen molar-refractivity contribution in [2.24, 2.45) is 0 Å². The van der Waals surface area contributed by atoms with E-state index in [4.69, 9.17) is 0 Å². The second kappa shape index (κ2) is 8.38. The molecule has 29 heavy (non-hydrogen) atoms. The lowest BCUT2D eigenvalue weighted by atomic mass is 10.1. The third-order valence-electron chi connectivity index (χ3n) is 6.14. The van der Waals surface area contributed by atoms with E-state index in [-0.39, 0.29) is 5.91 Å². The predicted octanol–water partition coefficient (Wildman–Crippen LogP) is 3.65. The van der Waals surface area contributed by atoms with E-state index >= 15 is 0 Å². The maximum absolute atomic E-state index is 12.6. The van der Waals surface area contributed by atoms with Crippen molar-refractivity contribution >= 4 is 29.4 Å². The summed E-state index contributed by atoms with van der Waals surface area (Å²) in [5.41, 5.74) is 0. The number of piperidine rings is 1. The average molecular weight is 416 g/mol. The molecule has 0 spiro atoms. The third-order valence-corrected chi connectivity index (χ3v) is 7.08. The summed E-state index contributed by atoms with van der Waals surface area (Å²) in [4.78, 5) is 15.0. The molecule has 3 aliphatic rings. The highest BCUT2D eigenvalue weighted by molar-refractivity contribution is 7.99. The molecule has 3 heterocycles. The number of hydrogen-bond acceptors (Lipinski definition) is 6. The summed E-state index contributed by atoms with van der Waals surface area (Å²) >= 11 is 1.49. The highest BCUT2D eigenvalue weighted by Crippen LogP contribution is 2.41. The van der Waals surface area contributed by atoms with Crippen molar-refractivity contribution < 1.29 is 4.79 Å². The van der Waals surface area contributed by atoms with E-state index in [1.807, 2.05) is 10.7 Å². The molecule has 8 nitrogen and oxygen atoms in total. The zero-order valence-corrected chi connectivity index (χ0v) is 17.6. The van der Waals surface area contributed by atoms with Crippen molar-refractivity contribution in [1.82, 2.24) is 24.5 Å². The lowest BCUT2D eigenvalue weighted by molar-refractivity contribution is -0.113. The van der Waals surface area contributed by atoms with Crippen molar-refractivity contribution in [2.75, 3.05) is 29.1 Å². The van der Waals surface area contributed by atoms with E-state index in [9.17, 15) is 4.79 Å². The van der Waals surface area contributed by atoms with Crippen LogP contribution in [-0.2, 0) is 4.79 Å². The van der Waals surface area contributed by atoms with Crippen LogP contribution in [0.25, 0.3) is 0 Å². The van der Waals surface area contributed by atoms with Gasteiger partial charge in [-0.1, -0.05) is 24.6 Å². The van der Waals surface area contributed by atoms with Crippen molar-refractivity contribution in [2.45, 2.75) is 75.0 Å². The van der Waals surface area contributed by atoms with Crippen LogP contribution in [0.4, 0.5) is 11.8 Å². The van der Waals surface area contributed by atoms with Gasteiger partial charge >= 0.3 is 0 Å². The van der Waals surface area contributed by atoms with Gasteiger partial charge in [0.05, 0.1) is 18.0 Å². The molecule has 0 unspecified atom stereocenters. The summed E-state index contributed by atoms with van der Waals surface area (Å²) in [6.07, 6.45) is 12.6. The SMILES string of the molecule is O=C(CSc1nnc(N2CCCCC2)n1C1CC1)Nc1ccnn1C1CCCC1. The van der Waals surface area contributed by atoms with Gasteiger partial charge in [0.2, 0.25) is 11.9 Å². The number of aromatic nitrogens is 5. The quantitative estimate of drug-likeness (QED) is 0.695. The van der Waals surface area contributed by atoms with Crippen LogP contribution < -0.4 is 10.2 Å². The smallest absolute Gasteiger partial charge is 0.235 e. The Bertz CT molecular complexity index is 847. The Morgan fingerprint density at radius 3 is 2.59 bits per heavy atom. The molecule has 9 heteroatoms. The number of hydrogen-bond donors (Lipinski definition) is 1. The molecule has 1 amide bonds. The number of thioether (sulfide) groups is 1. The zero-order chi connectivity index (χ0) is 19.6. The van der Waals surface area contributed by atoms with Gasteiger partial charge < -0.3 is 10.2 Å². The topological polar surface area (TPSA) is 80.9 Å². The molecule has 3 fully saturated rings. The molecule has 0 aromatic carbocycles. The van der Waals surface area contributed by atoms with Gasteiger partial charge in [0.1, 0.15) is 5.82 Å². The van der Waals surface area contributed by atoms with Crippen LogP contribution >= 0.6 is 11.8 Å². The molecule has 0 bridgehead atoms. The molecule has 0 atom stereocenters. The van der Waals surface area contributed by atoms with Crippen LogP contribution in [0.3, 0.4) is 0 Å². The highest BCUT2D eigenvalue weighted by atomic mass is 32.2. The fraction of sp³-hybridized carbons (Fsp3) is 0.700. The number of carbonyl (C=O) groups is 1. The fourth-order valence-corrected chi connectivity index (χ4v) is 5.29. The maximum atomic E-state index is 12.6. The molecule has 156 valence electrons. The molecular weight excluding hydrogens is 386 g/mol. The second-order valence-electron chi connectivity index (χ2n) is 8.37. The first kappa shape index (κ1) is 19.0. The van der Waals surface area contributed by atoms with Gasteiger partial charge in [0.15, 0.2) is 5.16 Å². The van der Waals surface area contributed by atoms with E-state index in [0.717, 1.165) is 42.9 Å². The normalized spacial score (nSPS) is 20.3. The summed E-state index contributed by atoms with van der Waals surface area (Å²) in [7, 11) is 0. The van der Waals surface area contributed by atoms with Crippen molar-refractivity contribution in [1.29, 1.82) is 0 Å². The lowest BCUT2D eigenvalue weighted by Gasteiger charge is -2.27. The first-order valence-corrected chi connectivity index (χ1v) is 11.9. The minimum atomic E-state index is -0.0142. The second-order valence-corrected chi connectivity index (χ2v) is 9.31. The number of nitrogens with zero attached hydrogens (tertiary/aromatic N) is 6. The molecule has 1 aliphatic heterocycles. The van der Waals surface area contributed by atoms with Crippen LogP contribution in [0, 0.1) is 0 Å². The molecule has 2 aliphatic carbocycles. The number of anilines is 2. The van der Waals surface area contributed by atoms with Crippen LogP contribution in [0.2, 0.25) is 0 Å². The third kappa shape index (κ3) is 4.15. The standard InChI is InChI=1S/C20H29N7OS/c28-18(22-17-10-11-21-27(17)16-6-2-3-7-16)14-29-20-24-23-19(26(20)15-8-9-15)25-12-4-1-5-13-25/h10-11,15-16H,1-9,12-14H2,(H,22,28). The number of nitrogens with one attached hydrogen (secondary N) is 1. The van der Waals surface area contributed by atoms with Gasteiger partial charge in [-0.3, -0.25) is 9.36 Å². The lowest BCUT2D eigenvalue weighted by Crippen LogP contribution is -2.32. The van der Waals surface area contributed by atoms with Crippen LogP contribution in [0.1, 0.15) is 69.9 Å². The van der Waals surface area contributed by atoms with Gasteiger partial charge in [-0.15, -0.1) is 10.2 Å². The largest absolute Gasteiger partial charge is 0.341 e. The molecule has 0 radical (unpaired) electrons. The van der Waals surface area contributed by atoms with Gasteiger partial charge in [-0.2, -0.15) is 5.10 Å². The van der Waals surface area contributed by atoms with E-state index in [0.29, 0.717) is 17.8 Å². The van der Waals surface area contributed by atoms with E-state index in [1.54, 1.807) is 6.20 Å². The minimum absolute atomic E-state index is 0.0142. The Balaban J connectivity index is 1.23. The average Bonchev–Trinajstić information content (AvgIpc) is 3.14. The molecule has 5 rings (SSSR count). The molecule has 1 saturated heterocycles. The molecule has 2 saturated carbocycles. The monoisotopic (exact) mass is 415 g/mol. The fourth-order valence-electron chi connectivity index (χ4n) is 4.49. The Morgan fingerprint density at radius 2 is 1.83 bits per heavy atom. The Hall–Kier alpha value is -2.03. The van der Waals surface area contributed by atoms with Crippen molar-refractivity contribution in [3.05, 3.63) is 12.3 Å². The summed E-state index contributed by atoms with van der Waals surface area (Å²) in [5.74, 6) is 2.12. The van der Waals surface area contributed by atoms with Gasteiger partial charge in [-0.05, 0) is 44.9 Å². The number of rotatable bonds is 7. The first-order chi connectivity index (χ1) is 14.3. The summed E-state index contributed by atoms with van der Waals surface area (Å²) in [6, 6.07) is 2.80. The molecule has 2 aromatic heterocycles. The van der Waals surface area contributed by atoms with Crippen LogP contribution in [0.5, 0.6) is 0 Å². The van der Waals surface area contributed by atoms with E-state index < -0.39 is 0 Å². The predicted molar refractivity (Wildman–Crippen MR) is 113 cm³/mol. The number of carbonyl (C=O) groups excluding carboxylic acids is 1. The van der Waals surface area contributed by atoms with Crippen LogP contribution in [0.15, 0.2) is 17.4 Å². The van der Waals surface area contributed by atoms with E-state index in [2.05, 4.69) is 30.1 Å². The Kier molecular flexibility index (Phi) is 5.48. The first-order valence-electron chi connectivity index (χ1n) is 11.0.